The third-order valence-corrected chi connectivity index (χ3v) is 3.34. The largest absolute Gasteiger partial charge is 0.461 e. The molecular weight excluding hydrogens is 212 g/mol. The number of hydrogen-bond donors (Lipinski definition) is 0. The quantitative estimate of drug-likeness (QED) is 0.695. The second kappa shape index (κ2) is 5.54. The number of rotatable bonds is 4. The van der Waals surface area contributed by atoms with Gasteiger partial charge < -0.3 is 4.74 Å². The Labute approximate surface area is 94.9 Å². The first-order valence-electron chi connectivity index (χ1n) is 5.33. The zero-order chi connectivity index (χ0) is 11.4. The fourth-order valence-electron chi connectivity index (χ4n) is 1.80. The molecule has 1 fully saturated rings. The van der Waals surface area contributed by atoms with Crippen molar-refractivity contribution < 1.29 is 14.3 Å². The van der Waals surface area contributed by atoms with Crippen LogP contribution >= 0.6 is 11.8 Å². The maximum Gasteiger partial charge on any atom is 0.309 e. The number of carbonyl (C=O) groups excluding carboxylic acids is 2. The van der Waals surface area contributed by atoms with Crippen molar-refractivity contribution in [2.75, 3.05) is 5.75 Å². The highest BCUT2D eigenvalue weighted by Gasteiger charge is 2.34. The molecule has 0 saturated carbocycles. The molecule has 1 aliphatic heterocycles. The Balaban J connectivity index is 2.35. The number of ether oxygens (including phenoxy) is 1. The van der Waals surface area contributed by atoms with Crippen molar-refractivity contribution in [1.82, 2.24) is 0 Å². The van der Waals surface area contributed by atoms with Crippen LogP contribution in [0.15, 0.2) is 0 Å². The average Bonchev–Trinajstić information content (AvgIpc) is 2.43. The molecule has 0 aromatic rings. The van der Waals surface area contributed by atoms with Gasteiger partial charge in [0.15, 0.2) is 5.12 Å². The van der Waals surface area contributed by atoms with Crippen molar-refractivity contribution in [3.63, 3.8) is 0 Å². The van der Waals surface area contributed by atoms with E-state index in [9.17, 15) is 9.59 Å². The summed E-state index contributed by atoms with van der Waals surface area (Å²) in [5, 5.41) is 0.0818. The molecule has 1 heterocycles. The third kappa shape index (κ3) is 4.24. The molecule has 4 heteroatoms. The minimum atomic E-state index is -0.0853. The second-order valence-electron chi connectivity index (χ2n) is 4.42. The van der Waals surface area contributed by atoms with Crippen LogP contribution in [0.5, 0.6) is 0 Å². The number of thioether (sulfide) groups is 1. The first-order chi connectivity index (χ1) is 6.99. The molecule has 1 saturated heterocycles. The molecule has 0 amide bonds. The molecule has 0 spiro atoms. The van der Waals surface area contributed by atoms with E-state index in [4.69, 9.17) is 4.74 Å². The van der Waals surface area contributed by atoms with Crippen molar-refractivity contribution in [1.29, 1.82) is 0 Å². The zero-order valence-corrected chi connectivity index (χ0v) is 10.3. The minimum Gasteiger partial charge on any atom is -0.461 e. The van der Waals surface area contributed by atoms with Crippen LogP contribution in [0.3, 0.4) is 0 Å². The molecule has 0 aromatic carbocycles. The molecule has 0 aromatic heterocycles. The highest BCUT2D eigenvalue weighted by molar-refractivity contribution is 8.13. The molecule has 1 rings (SSSR count). The Kier molecular flexibility index (Phi) is 4.64. The Morgan fingerprint density at radius 1 is 1.60 bits per heavy atom. The van der Waals surface area contributed by atoms with Crippen molar-refractivity contribution in [2.45, 2.75) is 39.7 Å². The highest BCUT2D eigenvalue weighted by Crippen LogP contribution is 2.28. The lowest BCUT2D eigenvalue weighted by atomic mass is 9.95. The molecule has 0 bridgehead atoms. The summed E-state index contributed by atoms with van der Waals surface area (Å²) in [6.07, 6.45) is 1.60. The topological polar surface area (TPSA) is 43.4 Å². The predicted octanol–water partition coefficient (Wildman–Crippen LogP) is 2.24. The Morgan fingerprint density at radius 3 is 2.80 bits per heavy atom. The average molecular weight is 230 g/mol. The third-order valence-electron chi connectivity index (χ3n) is 2.39. The van der Waals surface area contributed by atoms with E-state index in [-0.39, 0.29) is 23.1 Å². The van der Waals surface area contributed by atoms with Crippen molar-refractivity contribution in [2.24, 2.45) is 11.8 Å². The highest BCUT2D eigenvalue weighted by atomic mass is 32.2. The van der Waals surface area contributed by atoms with Gasteiger partial charge in [-0.15, -0.1) is 0 Å². The van der Waals surface area contributed by atoms with Crippen molar-refractivity contribution >= 4 is 22.8 Å². The molecule has 0 unspecified atom stereocenters. The van der Waals surface area contributed by atoms with Crippen LogP contribution in [0, 0.1) is 11.8 Å². The van der Waals surface area contributed by atoms with Gasteiger partial charge in [0.25, 0.3) is 0 Å². The van der Waals surface area contributed by atoms with Crippen molar-refractivity contribution in [3.8, 4) is 0 Å². The molecule has 2 atom stereocenters. The van der Waals surface area contributed by atoms with Gasteiger partial charge in [0.2, 0.25) is 0 Å². The first-order valence-corrected chi connectivity index (χ1v) is 6.31. The van der Waals surface area contributed by atoms with Gasteiger partial charge in [-0.2, -0.15) is 0 Å². The number of hydrogen-bond acceptors (Lipinski definition) is 4. The van der Waals surface area contributed by atoms with Gasteiger partial charge in [0.05, 0.1) is 5.92 Å². The normalized spacial score (nSPS) is 25.7. The van der Waals surface area contributed by atoms with Gasteiger partial charge in [-0.3, -0.25) is 9.59 Å². The van der Waals surface area contributed by atoms with Crippen LogP contribution in [0.2, 0.25) is 0 Å². The molecule has 0 N–H and O–H groups in total. The molecule has 15 heavy (non-hydrogen) atoms. The van der Waals surface area contributed by atoms with E-state index in [1.807, 2.05) is 0 Å². The fourth-order valence-corrected chi connectivity index (χ4v) is 2.42. The van der Waals surface area contributed by atoms with Gasteiger partial charge in [-0.1, -0.05) is 25.6 Å². The molecule has 0 aliphatic carbocycles. The summed E-state index contributed by atoms with van der Waals surface area (Å²) in [6, 6.07) is 0. The lowest BCUT2D eigenvalue weighted by molar-refractivity contribution is -0.144. The molecule has 1 aliphatic rings. The smallest absolute Gasteiger partial charge is 0.309 e. The van der Waals surface area contributed by atoms with Gasteiger partial charge in [-0.25, -0.2) is 0 Å². The van der Waals surface area contributed by atoms with Crippen LogP contribution in [-0.4, -0.2) is 22.9 Å². The summed E-state index contributed by atoms with van der Waals surface area (Å²) >= 11 is 1.24. The Bertz CT molecular complexity index is 250. The standard InChI is InChI=1S/C11H18O3S/c1-7(2)4-9-5-10(14-11(9)13)6-15-8(3)12/h7,9-10H,4-6H2,1-3H3/t9-,10-/m1/s1. The second-order valence-corrected chi connectivity index (χ2v) is 5.62. The van der Waals surface area contributed by atoms with Crippen molar-refractivity contribution in [3.05, 3.63) is 0 Å². The molecular formula is C11H18O3S. The van der Waals surface area contributed by atoms with E-state index in [1.165, 1.54) is 18.7 Å². The summed E-state index contributed by atoms with van der Waals surface area (Å²) in [6.45, 7) is 5.74. The maximum atomic E-state index is 11.4. The summed E-state index contributed by atoms with van der Waals surface area (Å²) in [4.78, 5) is 22.2. The van der Waals surface area contributed by atoms with E-state index in [0.717, 1.165) is 12.8 Å². The van der Waals surface area contributed by atoms with E-state index in [2.05, 4.69) is 13.8 Å². The van der Waals surface area contributed by atoms with Gasteiger partial charge >= 0.3 is 5.97 Å². The number of carbonyl (C=O) groups is 2. The van der Waals surface area contributed by atoms with Crippen LogP contribution in [0.4, 0.5) is 0 Å². The number of cyclic esters (lactones) is 1. The van der Waals surface area contributed by atoms with Gasteiger partial charge in [0.1, 0.15) is 6.10 Å². The molecule has 0 radical (unpaired) electrons. The van der Waals surface area contributed by atoms with E-state index in [1.54, 1.807) is 0 Å². The lowest BCUT2D eigenvalue weighted by Crippen LogP contribution is -2.10. The lowest BCUT2D eigenvalue weighted by Gasteiger charge is -2.07. The SMILES string of the molecule is CC(=O)SC[C@H]1C[C@@H](CC(C)C)C(=O)O1. The monoisotopic (exact) mass is 230 g/mol. The molecule has 3 nitrogen and oxygen atoms in total. The van der Waals surface area contributed by atoms with Gasteiger partial charge in [-0.05, 0) is 18.8 Å². The fraction of sp³-hybridized carbons (Fsp3) is 0.818. The van der Waals surface area contributed by atoms with Gasteiger partial charge in [0, 0.05) is 12.7 Å². The predicted molar refractivity (Wildman–Crippen MR) is 60.6 cm³/mol. The van der Waals surface area contributed by atoms with Crippen LogP contribution in [0.1, 0.15) is 33.6 Å². The minimum absolute atomic E-state index is 0.0440. The Hall–Kier alpha value is -0.510. The summed E-state index contributed by atoms with van der Waals surface area (Å²) < 4.78 is 5.21. The number of esters is 1. The molecule has 86 valence electrons. The maximum absolute atomic E-state index is 11.4. The van der Waals surface area contributed by atoms with Crippen LogP contribution in [-0.2, 0) is 14.3 Å². The van der Waals surface area contributed by atoms with E-state index < -0.39 is 0 Å². The summed E-state index contributed by atoms with van der Waals surface area (Å²) in [5.74, 6) is 1.08. The summed E-state index contributed by atoms with van der Waals surface area (Å²) in [5.41, 5.74) is 0. The Morgan fingerprint density at radius 2 is 2.27 bits per heavy atom. The van der Waals surface area contributed by atoms with Crippen LogP contribution < -0.4 is 0 Å². The summed E-state index contributed by atoms with van der Waals surface area (Å²) in [7, 11) is 0. The van der Waals surface area contributed by atoms with E-state index >= 15 is 0 Å². The van der Waals surface area contributed by atoms with Crippen LogP contribution in [0.25, 0.3) is 0 Å². The van der Waals surface area contributed by atoms with E-state index in [0.29, 0.717) is 11.7 Å². The zero-order valence-electron chi connectivity index (χ0n) is 9.49. The first kappa shape index (κ1) is 12.6.